The Kier molecular flexibility index (Phi) is 6.18. The number of halogens is 5. The Morgan fingerprint density at radius 1 is 0.941 bits per heavy atom. The summed E-state index contributed by atoms with van der Waals surface area (Å²) in [5.74, 6) is -0.765. The smallest absolute Gasteiger partial charge is 0.382 e. The number of pyridine rings is 1. The van der Waals surface area contributed by atoms with Crippen molar-refractivity contribution >= 4 is 28.2 Å². The van der Waals surface area contributed by atoms with E-state index in [4.69, 9.17) is 11.6 Å². The lowest BCUT2D eigenvalue weighted by atomic mass is 10.0. The quantitative estimate of drug-likeness (QED) is 0.315. The number of alkyl halides is 3. The third-order valence-corrected chi connectivity index (χ3v) is 5.47. The van der Waals surface area contributed by atoms with E-state index in [-0.39, 0.29) is 16.5 Å². The Labute approximate surface area is 197 Å². The second-order valence-corrected chi connectivity index (χ2v) is 8.62. The number of rotatable bonds is 5. The highest BCUT2D eigenvalue weighted by atomic mass is 35.5. The van der Waals surface area contributed by atoms with Crippen LogP contribution in [0.4, 0.5) is 23.2 Å². The molecule has 2 aromatic heterocycles. The first kappa shape index (κ1) is 23.8. The van der Waals surface area contributed by atoms with Gasteiger partial charge in [-0.05, 0) is 37.6 Å². The first-order valence-electron chi connectivity index (χ1n) is 10.2. The van der Waals surface area contributed by atoms with Gasteiger partial charge < -0.3 is 10.4 Å². The van der Waals surface area contributed by atoms with Gasteiger partial charge in [-0.15, -0.1) is 0 Å². The van der Waals surface area contributed by atoms with Crippen LogP contribution < -0.4 is 5.32 Å². The lowest BCUT2D eigenvalue weighted by molar-refractivity contribution is -0.144. The normalized spacial score (nSPS) is 13.2. The summed E-state index contributed by atoms with van der Waals surface area (Å²) in [6, 6.07) is 7.31. The average Bonchev–Trinajstić information content (AvgIpc) is 2.77. The molecule has 34 heavy (non-hydrogen) atoms. The van der Waals surface area contributed by atoms with E-state index in [2.05, 4.69) is 20.3 Å². The van der Waals surface area contributed by atoms with Gasteiger partial charge in [0.05, 0.1) is 16.2 Å². The van der Waals surface area contributed by atoms with Crippen molar-refractivity contribution in [2.24, 2.45) is 0 Å². The zero-order valence-corrected chi connectivity index (χ0v) is 18.8. The summed E-state index contributed by atoms with van der Waals surface area (Å²) in [6.07, 6.45) is -0.559. The molecule has 2 aromatic carbocycles. The first-order chi connectivity index (χ1) is 15.9. The van der Waals surface area contributed by atoms with Gasteiger partial charge in [0.1, 0.15) is 11.4 Å². The number of benzene rings is 2. The summed E-state index contributed by atoms with van der Waals surface area (Å²) < 4.78 is 56.1. The minimum Gasteiger partial charge on any atom is -0.382 e. The number of anilines is 1. The molecular formula is C24H19ClF4N4O. The molecule has 1 unspecified atom stereocenters. The molecule has 2 heterocycles. The molecule has 1 atom stereocenters. The molecule has 0 bridgehead atoms. The highest BCUT2D eigenvalue weighted by Crippen LogP contribution is 2.41. The fourth-order valence-corrected chi connectivity index (χ4v) is 3.68. The predicted molar refractivity (Wildman–Crippen MR) is 122 cm³/mol. The number of aliphatic hydroxyl groups is 1. The van der Waals surface area contributed by atoms with Gasteiger partial charge in [0, 0.05) is 35.1 Å². The molecule has 0 spiro atoms. The molecule has 4 rings (SSSR count). The zero-order valence-electron chi connectivity index (χ0n) is 18.0. The van der Waals surface area contributed by atoms with Crippen molar-refractivity contribution in [3.8, 4) is 11.1 Å². The van der Waals surface area contributed by atoms with Crippen LogP contribution in [0.1, 0.15) is 31.3 Å². The van der Waals surface area contributed by atoms with Crippen LogP contribution in [0.25, 0.3) is 22.0 Å². The SMILES string of the molecule is CC(C)(O)c1ncc(-c2ccc3ncc(Cl)c(NC(c4ccccc4F)C(F)(F)F)c3c2)cn1. The van der Waals surface area contributed by atoms with Crippen LogP contribution in [-0.4, -0.2) is 26.2 Å². The number of aromatic nitrogens is 3. The van der Waals surface area contributed by atoms with Gasteiger partial charge in [-0.25, -0.2) is 14.4 Å². The Balaban J connectivity index is 1.81. The van der Waals surface area contributed by atoms with E-state index in [0.29, 0.717) is 22.0 Å². The van der Waals surface area contributed by atoms with Crippen LogP contribution >= 0.6 is 11.6 Å². The number of hydrogen-bond donors (Lipinski definition) is 2. The molecule has 4 aromatic rings. The standard InChI is InChI=1S/C24H19ClF4N4O/c1-23(2,34)22-31-10-14(11-32-22)13-7-8-19-16(9-13)20(17(25)12-30-19)33-21(24(27,28)29)15-5-3-4-6-18(15)26/h3-12,21,34H,1-2H3,(H,30,33). The van der Waals surface area contributed by atoms with Crippen molar-refractivity contribution in [3.63, 3.8) is 0 Å². The number of nitrogens with zero attached hydrogens (tertiary/aromatic N) is 3. The predicted octanol–water partition coefficient (Wildman–Crippen LogP) is 6.43. The van der Waals surface area contributed by atoms with Gasteiger partial charge in [0.15, 0.2) is 11.9 Å². The third-order valence-electron chi connectivity index (χ3n) is 5.19. The highest BCUT2D eigenvalue weighted by Gasteiger charge is 2.42. The summed E-state index contributed by atoms with van der Waals surface area (Å²) in [5.41, 5.74) is -0.260. The Morgan fingerprint density at radius 2 is 1.62 bits per heavy atom. The van der Waals surface area contributed by atoms with E-state index in [1.807, 2.05) is 0 Å². The average molecular weight is 491 g/mol. The zero-order chi connectivity index (χ0) is 24.7. The van der Waals surface area contributed by atoms with Crippen molar-refractivity contribution in [3.05, 3.63) is 83.3 Å². The van der Waals surface area contributed by atoms with Crippen molar-refractivity contribution in [1.29, 1.82) is 0 Å². The van der Waals surface area contributed by atoms with Crippen LogP contribution in [0.5, 0.6) is 0 Å². The summed E-state index contributed by atoms with van der Waals surface area (Å²) in [4.78, 5) is 12.5. The first-order valence-corrected chi connectivity index (χ1v) is 10.5. The Bertz CT molecular complexity index is 1340. The molecule has 2 N–H and O–H groups in total. The second-order valence-electron chi connectivity index (χ2n) is 8.21. The van der Waals surface area contributed by atoms with E-state index < -0.39 is 29.2 Å². The molecule has 0 saturated carbocycles. The second kappa shape index (κ2) is 8.81. The maximum absolute atomic E-state index is 14.3. The number of hydrogen-bond acceptors (Lipinski definition) is 5. The summed E-state index contributed by atoms with van der Waals surface area (Å²) >= 11 is 6.26. The van der Waals surface area contributed by atoms with Gasteiger partial charge in [-0.3, -0.25) is 4.98 Å². The van der Waals surface area contributed by atoms with Crippen molar-refractivity contribution in [2.75, 3.05) is 5.32 Å². The third kappa shape index (κ3) is 4.80. The Hall–Kier alpha value is -3.30. The molecule has 0 saturated heterocycles. The van der Waals surface area contributed by atoms with Gasteiger partial charge in [0.2, 0.25) is 0 Å². The fraction of sp³-hybridized carbons (Fsp3) is 0.208. The van der Waals surface area contributed by atoms with E-state index in [0.717, 1.165) is 12.1 Å². The van der Waals surface area contributed by atoms with Crippen molar-refractivity contribution in [1.82, 2.24) is 15.0 Å². The number of fused-ring (bicyclic) bond motifs is 1. The number of nitrogens with one attached hydrogen (secondary N) is 1. The van der Waals surface area contributed by atoms with Gasteiger partial charge in [-0.2, -0.15) is 13.2 Å². The lowest BCUT2D eigenvalue weighted by Crippen LogP contribution is -2.29. The fourth-order valence-electron chi connectivity index (χ4n) is 3.48. The van der Waals surface area contributed by atoms with E-state index in [1.54, 1.807) is 32.0 Å². The molecular weight excluding hydrogens is 472 g/mol. The van der Waals surface area contributed by atoms with Crippen LogP contribution in [0.2, 0.25) is 5.02 Å². The summed E-state index contributed by atoms with van der Waals surface area (Å²) in [6.45, 7) is 3.10. The molecule has 0 aliphatic carbocycles. The molecule has 10 heteroatoms. The topological polar surface area (TPSA) is 70.9 Å². The van der Waals surface area contributed by atoms with Gasteiger partial charge >= 0.3 is 6.18 Å². The van der Waals surface area contributed by atoms with Gasteiger partial charge in [-0.1, -0.05) is 35.9 Å². The highest BCUT2D eigenvalue weighted by molar-refractivity contribution is 6.34. The molecule has 0 amide bonds. The van der Waals surface area contributed by atoms with Crippen molar-refractivity contribution < 1.29 is 22.7 Å². The maximum atomic E-state index is 14.3. The summed E-state index contributed by atoms with van der Waals surface area (Å²) in [5, 5.41) is 12.7. The van der Waals surface area contributed by atoms with E-state index in [1.165, 1.54) is 30.7 Å². The Morgan fingerprint density at radius 3 is 2.24 bits per heavy atom. The molecule has 0 fully saturated rings. The molecule has 0 radical (unpaired) electrons. The minimum atomic E-state index is -4.81. The lowest BCUT2D eigenvalue weighted by Gasteiger charge is -2.25. The van der Waals surface area contributed by atoms with E-state index >= 15 is 0 Å². The van der Waals surface area contributed by atoms with E-state index in [9.17, 15) is 22.7 Å². The minimum absolute atomic E-state index is 0.0341. The molecule has 5 nitrogen and oxygen atoms in total. The van der Waals surface area contributed by atoms with Crippen LogP contribution in [0.15, 0.2) is 61.1 Å². The van der Waals surface area contributed by atoms with Gasteiger partial charge in [0.25, 0.3) is 0 Å². The molecule has 0 aliphatic heterocycles. The maximum Gasteiger partial charge on any atom is 0.412 e. The van der Waals surface area contributed by atoms with Crippen molar-refractivity contribution in [2.45, 2.75) is 31.7 Å². The molecule has 176 valence electrons. The largest absolute Gasteiger partial charge is 0.412 e. The molecule has 0 aliphatic rings. The summed E-state index contributed by atoms with van der Waals surface area (Å²) in [7, 11) is 0. The van der Waals surface area contributed by atoms with Crippen LogP contribution in [-0.2, 0) is 5.60 Å². The monoisotopic (exact) mass is 490 g/mol. The van der Waals surface area contributed by atoms with Crippen LogP contribution in [0.3, 0.4) is 0 Å². The van der Waals surface area contributed by atoms with Crippen LogP contribution in [0, 0.1) is 5.82 Å².